The van der Waals surface area contributed by atoms with Crippen molar-refractivity contribution in [2.75, 3.05) is 20.2 Å². The molecule has 0 bridgehead atoms. The third kappa shape index (κ3) is 3.45. The van der Waals surface area contributed by atoms with E-state index in [-0.39, 0.29) is 29.5 Å². The van der Waals surface area contributed by atoms with Crippen molar-refractivity contribution in [2.45, 2.75) is 13.3 Å². The van der Waals surface area contributed by atoms with Crippen molar-refractivity contribution in [1.82, 2.24) is 4.90 Å². The van der Waals surface area contributed by atoms with Crippen LogP contribution in [0.25, 0.3) is 0 Å². The molecule has 0 aliphatic carbocycles. The van der Waals surface area contributed by atoms with Crippen LogP contribution in [0.4, 0.5) is 5.69 Å². The smallest absolute Gasteiger partial charge is 0.310 e. The number of benzene rings is 1. The highest BCUT2D eigenvalue weighted by atomic mass is 16.6. The highest BCUT2D eigenvalue weighted by Gasteiger charge is 2.20. The minimum absolute atomic E-state index is 0.0218. The van der Waals surface area contributed by atoms with Crippen LogP contribution >= 0.6 is 0 Å². The molecule has 0 unspecified atom stereocenters. The number of methoxy groups -OCH3 is 1. The molecule has 7 nitrogen and oxygen atoms in total. The molecule has 1 amide bonds. The summed E-state index contributed by atoms with van der Waals surface area (Å²) in [4.78, 5) is 23.8. The van der Waals surface area contributed by atoms with Crippen molar-refractivity contribution < 1.29 is 14.5 Å². The molecule has 20 heavy (non-hydrogen) atoms. The fourth-order valence-corrected chi connectivity index (χ4v) is 1.75. The second-order valence-corrected chi connectivity index (χ2v) is 4.03. The Bertz CT molecular complexity index is 551. The maximum absolute atomic E-state index is 12.2. The Morgan fingerprint density at radius 2 is 2.25 bits per heavy atom. The van der Waals surface area contributed by atoms with E-state index in [0.717, 1.165) is 6.42 Å². The Morgan fingerprint density at radius 3 is 2.75 bits per heavy atom. The number of nitro groups is 1. The van der Waals surface area contributed by atoms with Gasteiger partial charge in [-0.3, -0.25) is 14.9 Å². The van der Waals surface area contributed by atoms with Crippen molar-refractivity contribution in [1.29, 1.82) is 5.26 Å². The molecule has 0 radical (unpaired) electrons. The Hall–Kier alpha value is -2.62. The largest absolute Gasteiger partial charge is 0.490 e. The molecule has 0 aliphatic rings. The molecule has 0 saturated heterocycles. The number of carbonyl (C=O) groups excluding carboxylic acids is 1. The van der Waals surface area contributed by atoms with Gasteiger partial charge in [-0.1, -0.05) is 6.92 Å². The Labute approximate surface area is 116 Å². The summed E-state index contributed by atoms with van der Waals surface area (Å²) in [6, 6.07) is 5.84. The molecule has 0 saturated carbocycles. The lowest BCUT2D eigenvalue weighted by molar-refractivity contribution is -0.385. The van der Waals surface area contributed by atoms with Gasteiger partial charge in [0.15, 0.2) is 5.75 Å². The zero-order valence-electron chi connectivity index (χ0n) is 11.3. The highest BCUT2D eigenvalue weighted by Crippen LogP contribution is 2.28. The summed E-state index contributed by atoms with van der Waals surface area (Å²) in [5, 5.41) is 19.5. The van der Waals surface area contributed by atoms with Crippen LogP contribution < -0.4 is 4.74 Å². The zero-order chi connectivity index (χ0) is 15.1. The summed E-state index contributed by atoms with van der Waals surface area (Å²) < 4.78 is 4.92. The minimum atomic E-state index is -0.577. The minimum Gasteiger partial charge on any atom is -0.490 e. The number of carbonyl (C=O) groups is 1. The Morgan fingerprint density at radius 1 is 1.55 bits per heavy atom. The molecule has 0 aliphatic heterocycles. The number of rotatable bonds is 6. The average molecular weight is 277 g/mol. The standard InChI is InChI=1S/C13H15N3O4/c1-3-7-15(8-6-14)13(17)10-4-5-11(16(18)19)12(9-10)20-2/h4-5,9H,3,7-8H2,1-2H3. The van der Waals surface area contributed by atoms with Crippen LogP contribution in [0.1, 0.15) is 23.7 Å². The van der Waals surface area contributed by atoms with E-state index in [1.165, 1.54) is 30.2 Å². The van der Waals surface area contributed by atoms with Crippen LogP contribution in [0.5, 0.6) is 5.75 Å². The first kappa shape index (κ1) is 15.4. The summed E-state index contributed by atoms with van der Waals surface area (Å²) >= 11 is 0. The van der Waals surface area contributed by atoms with E-state index in [1.807, 2.05) is 13.0 Å². The van der Waals surface area contributed by atoms with E-state index in [4.69, 9.17) is 10.00 Å². The van der Waals surface area contributed by atoms with Crippen LogP contribution in [0.3, 0.4) is 0 Å². The molecule has 1 aromatic rings. The third-order valence-electron chi connectivity index (χ3n) is 2.67. The summed E-state index contributed by atoms with van der Waals surface area (Å²) in [6.45, 7) is 2.33. The number of amides is 1. The molecule has 7 heteroatoms. The van der Waals surface area contributed by atoms with Crippen molar-refractivity contribution in [3.05, 3.63) is 33.9 Å². The van der Waals surface area contributed by atoms with Gasteiger partial charge in [0.05, 0.1) is 18.1 Å². The monoisotopic (exact) mass is 277 g/mol. The first-order valence-electron chi connectivity index (χ1n) is 6.03. The lowest BCUT2D eigenvalue weighted by atomic mass is 10.1. The molecule has 106 valence electrons. The average Bonchev–Trinajstić information content (AvgIpc) is 2.45. The highest BCUT2D eigenvalue weighted by molar-refractivity contribution is 5.95. The van der Waals surface area contributed by atoms with E-state index >= 15 is 0 Å². The molecule has 0 heterocycles. The molecule has 0 fully saturated rings. The molecular weight excluding hydrogens is 262 g/mol. The van der Waals surface area contributed by atoms with Gasteiger partial charge >= 0.3 is 5.69 Å². The molecule has 0 N–H and O–H groups in total. The van der Waals surface area contributed by atoms with Gasteiger partial charge in [-0.2, -0.15) is 5.26 Å². The van der Waals surface area contributed by atoms with Gasteiger partial charge < -0.3 is 9.64 Å². The van der Waals surface area contributed by atoms with Crippen molar-refractivity contribution >= 4 is 11.6 Å². The Balaban J connectivity index is 3.10. The Kier molecular flexibility index (Phi) is 5.47. The number of nitro benzene ring substituents is 1. The predicted octanol–water partition coefficient (Wildman–Crippen LogP) is 1.98. The molecule has 1 rings (SSSR count). The van der Waals surface area contributed by atoms with Gasteiger partial charge in [0.2, 0.25) is 0 Å². The lowest BCUT2D eigenvalue weighted by Crippen LogP contribution is -2.32. The maximum Gasteiger partial charge on any atom is 0.310 e. The van der Waals surface area contributed by atoms with Crippen LogP contribution in [0.15, 0.2) is 18.2 Å². The van der Waals surface area contributed by atoms with Crippen LogP contribution in [0.2, 0.25) is 0 Å². The van der Waals surface area contributed by atoms with Gasteiger partial charge in [-0.05, 0) is 12.5 Å². The summed E-state index contributed by atoms with van der Waals surface area (Å²) in [5.74, 6) is -0.323. The second-order valence-electron chi connectivity index (χ2n) is 4.03. The third-order valence-corrected chi connectivity index (χ3v) is 2.67. The van der Waals surface area contributed by atoms with Gasteiger partial charge in [0.1, 0.15) is 6.54 Å². The van der Waals surface area contributed by atoms with Crippen LogP contribution in [-0.2, 0) is 0 Å². The summed E-state index contributed by atoms with van der Waals surface area (Å²) in [7, 11) is 1.30. The van der Waals surface area contributed by atoms with Crippen LogP contribution in [0, 0.1) is 21.4 Å². The topological polar surface area (TPSA) is 96.5 Å². The lowest BCUT2D eigenvalue weighted by Gasteiger charge is -2.18. The summed E-state index contributed by atoms with van der Waals surface area (Å²) in [5.41, 5.74) is 0.0579. The summed E-state index contributed by atoms with van der Waals surface area (Å²) in [6.07, 6.45) is 0.720. The first-order chi connectivity index (χ1) is 9.54. The maximum atomic E-state index is 12.2. The van der Waals surface area contributed by atoms with Gasteiger partial charge in [-0.25, -0.2) is 0 Å². The van der Waals surface area contributed by atoms with Gasteiger partial charge in [0, 0.05) is 24.2 Å². The predicted molar refractivity (Wildman–Crippen MR) is 71.5 cm³/mol. The van der Waals surface area contributed by atoms with Crippen molar-refractivity contribution in [2.24, 2.45) is 0 Å². The zero-order valence-corrected chi connectivity index (χ0v) is 11.3. The fraction of sp³-hybridized carbons (Fsp3) is 0.385. The first-order valence-corrected chi connectivity index (χ1v) is 6.03. The quantitative estimate of drug-likeness (QED) is 0.450. The molecule has 0 aromatic heterocycles. The number of nitrogens with zero attached hydrogens (tertiary/aromatic N) is 3. The van der Waals surface area contributed by atoms with Crippen molar-refractivity contribution in [3.63, 3.8) is 0 Å². The van der Waals surface area contributed by atoms with Gasteiger partial charge in [0.25, 0.3) is 5.91 Å². The number of nitriles is 1. The number of ether oxygens (including phenoxy) is 1. The number of hydrogen-bond acceptors (Lipinski definition) is 5. The van der Waals surface area contributed by atoms with E-state index in [1.54, 1.807) is 0 Å². The van der Waals surface area contributed by atoms with E-state index in [2.05, 4.69) is 0 Å². The normalized spacial score (nSPS) is 9.65. The molecule has 1 aromatic carbocycles. The second kappa shape index (κ2) is 7.09. The molecule has 0 spiro atoms. The van der Waals surface area contributed by atoms with E-state index < -0.39 is 4.92 Å². The molecular formula is C13H15N3O4. The van der Waals surface area contributed by atoms with Gasteiger partial charge in [-0.15, -0.1) is 0 Å². The SMILES string of the molecule is CCCN(CC#N)C(=O)c1ccc([N+](=O)[O-])c(OC)c1. The molecule has 0 atom stereocenters. The van der Waals surface area contributed by atoms with E-state index in [0.29, 0.717) is 6.54 Å². The van der Waals surface area contributed by atoms with E-state index in [9.17, 15) is 14.9 Å². The van der Waals surface area contributed by atoms with Crippen LogP contribution in [-0.4, -0.2) is 35.9 Å². The number of hydrogen-bond donors (Lipinski definition) is 0. The fourth-order valence-electron chi connectivity index (χ4n) is 1.75. The van der Waals surface area contributed by atoms with Crippen molar-refractivity contribution in [3.8, 4) is 11.8 Å².